The van der Waals surface area contributed by atoms with Crippen LogP contribution < -0.4 is 0 Å². The van der Waals surface area contributed by atoms with Crippen LogP contribution in [0.2, 0.25) is 0 Å². The molecule has 2 nitrogen and oxygen atoms in total. The fourth-order valence-corrected chi connectivity index (χ4v) is 1.04. The lowest BCUT2D eigenvalue weighted by Crippen LogP contribution is -2.50. The third kappa shape index (κ3) is 2.17. The van der Waals surface area contributed by atoms with Gasteiger partial charge in [-0.3, -0.25) is 0 Å². The summed E-state index contributed by atoms with van der Waals surface area (Å²) >= 11 is 0. The zero-order valence-electron chi connectivity index (χ0n) is 7.43. The summed E-state index contributed by atoms with van der Waals surface area (Å²) in [6.07, 6.45) is 3.25. The van der Waals surface area contributed by atoms with Gasteiger partial charge < -0.3 is 9.47 Å². The first-order chi connectivity index (χ1) is 5.33. The maximum absolute atomic E-state index is 5.61. The van der Waals surface area contributed by atoms with Crippen molar-refractivity contribution in [3.05, 3.63) is 6.61 Å². The van der Waals surface area contributed by atoms with Gasteiger partial charge in [-0.15, -0.1) is 0 Å². The van der Waals surface area contributed by atoms with Crippen LogP contribution in [0.3, 0.4) is 0 Å². The highest BCUT2D eigenvalue weighted by Crippen LogP contribution is 2.26. The summed E-state index contributed by atoms with van der Waals surface area (Å²) in [6.45, 7) is 7.75. The highest BCUT2D eigenvalue weighted by molar-refractivity contribution is 4.87. The van der Waals surface area contributed by atoms with E-state index in [1.807, 2.05) is 6.61 Å². The van der Waals surface area contributed by atoms with Gasteiger partial charge in [0.2, 0.25) is 0 Å². The lowest BCUT2D eigenvalue weighted by Gasteiger charge is -2.40. The molecule has 0 aliphatic carbocycles. The van der Waals surface area contributed by atoms with Crippen molar-refractivity contribution in [3.8, 4) is 0 Å². The molecule has 1 radical (unpaired) electrons. The van der Waals surface area contributed by atoms with E-state index in [9.17, 15) is 0 Å². The summed E-state index contributed by atoms with van der Waals surface area (Å²) in [5.74, 6) is 0. The third-order valence-corrected chi connectivity index (χ3v) is 2.11. The van der Waals surface area contributed by atoms with Crippen molar-refractivity contribution >= 4 is 0 Å². The van der Waals surface area contributed by atoms with Gasteiger partial charge in [0, 0.05) is 0 Å². The fourth-order valence-electron chi connectivity index (χ4n) is 1.04. The van der Waals surface area contributed by atoms with Crippen molar-refractivity contribution in [2.75, 3.05) is 13.2 Å². The van der Waals surface area contributed by atoms with Crippen LogP contribution in [0.1, 0.15) is 33.1 Å². The Bertz CT molecular complexity index is 103. The average Bonchev–Trinajstić information content (AvgIpc) is 1.95. The summed E-state index contributed by atoms with van der Waals surface area (Å²) in [5, 5.41) is 0. The van der Waals surface area contributed by atoms with Crippen LogP contribution in [0.25, 0.3) is 0 Å². The van der Waals surface area contributed by atoms with E-state index in [-0.39, 0.29) is 5.60 Å². The summed E-state index contributed by atoms with van der Waals surface area (Å²) in [7, 11) is 0. The summed E-state index contributed by atoms with van der Waals surface area (Å²) in [5.41, 5.74) is 0.0369. The Kier molecular flexibility index (Phi) is 3.34. The molecule has 0 spiro atoms. The molecule has 1 saturated heterocycles. The number of rotatable bonds is 5. The van der Waals surface area contributed by atoms with Crippen LogP contribution in [0.15, 0.2) is 0 Å². The molecule has 0 N–H and O–H groups in total. The predicted molar refractivity (Wildman–Crippen MR) is 44.1 cm³/mol. The smallest absolute Gasteiger partial charge is 0.115 e. The lowest BCUT2D eigenvalue weighted by atomic mass is 9.99. The molecular weight excluding hydrogens is 140 g/mol. The Morgan fingerprint density at radius 3 is 2.55 bits per heavy atom. The third-order valence-electron chi connectivity index (χ3n) is 2.11. The SMILES string of the molecule is CCC[CH]OC1(CC)COC1. The van der Waals surface area contributed by atoms with Gasteiger partial charge in [-0.1, -0.05) is 20.3 Å². The molecule has 0 amide bonds. The molecule has 0 aromatic rings. The molecule has 11 heavy (non-hydrogen) atoms. The van der Waals surface area contributed by atoms with Crippen molar-refractivity contribution in [2.24, 2.45) is 0 Å². The molecule has 0 atom stereocenters. The van der Waals surface area contributed by atoms with Crippen LogP contribution in [0.4, 0.5) is 0 Å². The van der Waals surface area contributed by atoms with E-state index < -0.39 is 0 Å². The van der Waals surface area contributed by atoms with E-state index in [0.717, 1.165) is 32.5 Å². The number of hydrogen-bond acceptors (Lipinski definition) is 2. The molecular formula is C9H17O2. The molecule has 1 rings (SSSR count). The lowest BCUT2D eigenvalue weighted by molar-refractivity contribution is -0.195. The zero-order chi connectivity index (χ0) is 8.16. The van der Waals surface area contributed by atoms with Crippen molar-refractivity contribution in [1.29, 1.82) is 0 Å². The number of hydrogen-bond donors (Lipinski definition) is 0. The molecule has 0 aromatic carbocycles. The van der Waals surface area contributed by atoms with Gasteiger partial charge in [0.05, 0.1) is 19.8 Å². The quantitative estimate of drug-likeness (QED) is 0.569. The standard InChI is InChI=1S/C9H17O2/c1-3-5-6-11-9(4-2)7-10-8-9/h6H,3-5,7-8H2,1-2H3. The van der Waals surface area contributed by atoms with Gasteiger partial charge in [0.25, 0.3) is 0 Å². The van der Waals surface area contributed by atoms with Crippen LogP contribution >= 0.6 is 0 Å². The molecule has 0 bridgehead atoms. The zero-order valence-corrected chi connectivity index (χ0v) is 7.43. The first-order valence-corrected chi connectivity index (χ1v) is 4.40. The van der Waals surface area contributed by atoms with Crippen LogP contribution in [0, 0.1) is 6.61 Å². The van der Waals surface area contributed by atoms with Crippen molar-refractivity contribution in [3.63, 3.8) is 0 Å². The molecule has 1 aliphatic rings. The Hall–Kier alpha value is -0.0800. The molecule has 65 valence electrons. The van der Waals surface area contributed by atoms with E-state index in [4.69, 9.17) is 9.47 Å². The van der Waals surface area contributed by atoms with Crippen molar-refractivity contribution in [2.45, 2.75) is 38.7 Å². The monoisotopic (exact) mass is 157 g/mol. The van der Waals surface area contributed by atoms with E-state index in [0.29, 0.717) is 0 Å². The number of ether oxygens (including phenoxy) is 2. The average molecular weight is 157 g/mol. The summed E-state index contributed by atoms with van der Waals surface area (Å²) < 4.78 is 10.7. The largest absolute Gasteiger partial charge is 0.375 e. The molecule has 0 aromatic heterocycles. The summed E-state index contributed by atoms with van der Waals surface area (Å²) in [6, 6.07) is 0. The van der Waals surface area contributed by atoms with Crippen LogP contribution in [0.5, 0.6) is 0 Å². The van der Waals surface area contributed by atoms with E-state index in [1.165, 1.54) is 0 Å². The van der Waals surface area contributed by atoms with E-state index in [2.05, 4.69) is 13.8 Å². The Morgan fingerprint density at radius 1 is 1.45 bits per heavy atom. The summed E-state index contributed by atoms with van der Waals surface area (Å²) in [4.78, 5) is 0. The van der Waals surface area contributed by atoms with Crippen molar-refractivity contribution < 1.29 is 9.47 Å². The van der Waals surface area contributed by atoms with Crippen molar-refractivity contribution in [1.82, 2.24) is 0 Å². The molecule has 1 heterocycles. The second-order valence-electron chi connectivity index (χ2n) is 3.10. The predicted octanol–water partition coefficient (Wildman–Crippen LogP) is 2.14. The Labute approximate surface area is 68.9 Å². The maximum Gasteiger partial charge on any atom is 0.115 e. The van der Waals surface area contributed by atoms with Gasteiger partial charge in [-0.2, -0.15) is 0 Å². The molecule has 1 fully saturated rings. The van der Waals surface area contributed by atoms with E-state index in [1.54, 1.807) is 0 Å². The molecule has 2 heteroatoms. The van der Waals surface area contributed by atoms with Gasteiger partial charge in [0.15, 0.2) is 0 Å². The minimum atomic E-state index is 0.0369. The normalized spacial score (nSPS) is 21.3. The first-order valence-electron chi connectivity index (χ1n) is 4.40. The second kappa shape index (κ2) is 4.07. The topological polar surface area (TPSA) is 18.5 Å². The number of unbranched alkanes of at least 4 members (excludes halogenated alkanes) is 1. The van der Waals surface area contributed by atoms with Gasteiger partial charge in [0.1, 0.15) is 5.60 Å². The highest BCUT2D eigenvalue weighted by Gasteiger charge is 2.37. The molecule has 0 saturated carbocycles. The molecule has 1 aliphatic heterocycles. The maximum atomic E-state index is 5.61. The van der Waals surface area contributed by atoms with E-state index >= 15 is 0 Å². The van der Waals surface area contributed by atoms with Crippen LogP contribution in [-0.4, -0.2) is 18.8 Å². The Morgan fingerprint density at radius 2 is 2.18 bits per heavy atom. The second-order valence-corrected chi connectivity index (χ2v) is 3.10. The highest BCUT2D eigenvalue weighted by atomic mass is 16.6. The van der Waals surface area contributed by atoms with Crippen LogP contribution in [-0.2, 0) is 9.47 Å². The van der Waals surface area contributed by atoms with Gasteiger partial charge in [-0.25, -0.2) is 0 Å². The fraction of sp³-hybridized carbons (Fsp3) is 0.889. The minimum Gasteiger partial charge on any atom is -0.375 e. The van der Waals surface area contributed by atoms with Gasteiger partial charge >= 0.3 is 0 Å². The molecule has 0 unspecified atom stereocenters. The van der Waals surface area contributed by atoms with Gasteiger partial charge in [-0.05, 0) is 12.8 Å². The first kappa shape index (κ1) is 9.01. The minimum absolute atomic E-state index is 0.0369. The Balaban J connectivity index is 2.11.